The molecule has 1 aromatic heterocycles. The number of aromatic nitrogens is 1. The lowest BCUT2D eigenvalue weighted by molar-refractivity contribution is -0.386. The predicted octanol–water partition coefficient (Wildman–Crippen LogP) is 3.56. The van der Waals surface area contributed by atoms with E-state index in [1.165, 1.54) is 18.3 Å². The van der Waals surface area contributed by atoms with E-state index in [-0.39, 0.29) is 21.7 Å². The molecule has 6 nitrogen and oxygen atoms in total. The normalized spacial score (nSPS) is 9.85. The molecule has 0 aliphatic heterocycles. The van der Waals surface area contributed by atoms with E-state index < -0.39 is 16.4 Å². The smallest absolute Gasteiger partial charge is 0.348 e. The van der Waals surface area contributed by atoms with Gasteiger partial charge in [0.15, 0.2) is 0 Å². The first-order valence-electron chi connectivity index (χ1n) is 5.19. The van der Waals surface area contributed by atoms with Gasteiger partial charge in [-0.2, -0.15) is 5.26 Å². The van der Waals surface area contributed by atoms with Gasteiger partial charge in [-0.25, -0.2) is 9.37 Å². The Hall–Kier alpha value is -2.53. The first-order chi connectivity index (χ1) is 9.52. The number of nitro groups is 1. The maximum Gasteiger partial charge on any atom is 0.348 e. The van der Waals surface area contributed by atoms with Crippen molar-refractivity contribution in [2.75, 3.05) is 0 Å². The topological polar surface area (TPSA) is 89.0 Å². The van der Waals surface area contributed by atoms with Crippen molar-refractivity contribution < 1.29 is 14.1 Å². The Morgan fingerprint density at radius 2 is 2.20 bits per heavy atom. The van der Waals surface area contributed by atoms with Crippen LogP contribution in [0, 0.1) is 27.3 Å². The van der Waals surface area contributed by atoms with E-state index in [1.807, 2.05) is 0 Å². The average molecular weight is 338 g/mol. The van der Waals surface area contributed by atoms with Crippen molar-refractivity contribution in [3.05, 3.63) is 56.4 Å². The van der Waals surface area contributed by atoms with Crippen LogP contribution in [-0.4, -0.2) is 9.91 Å². The quantitative estimate of drug-likeness (QED) is 0.631. The molecule has 0 N–H and O–H groups in total. The molecule has 1 aromatic carbocycles. The third kappa shape index (κ3) is 2.73. The standard InChI is InChI=1S/C12H5BrFN3O3/c13-9-5-8(14)1-2-10(9)20-12-11(17(18)19)7(6-15)3-4-16-12/h1-5H. The Balaban J connectivity index is 2.49. The van der Waals surface area contributed by atoms with Gasteiger partial charge in [0.05, 0.1) is 9.40 Å². The molecule has 0 unspecified atom stereocenters. The predicted molar refractivity (Wildman–Crippen MR) is 69.8 cm³/mol. The second-order valence-electron chi connectivity index (χ2n) is 3.56. The van der Waals surface area contributed by atoms with Gasteiger partial charge in [-0.05, 0) is 40.2 Å². The molecule has 0 aliphatic rings. The molecular weight excluding hydrogens is 333 g/mol. The molecule has 0 fully saturated rings. The minimum absolute atomic E-state index is 0.150. The number of rotatable bonds is 3. The summed E-state index contributed by atoms with van der Waals surface area (Å²) >= 11 is 3.07. The van der Waals surface area contributed by atoms with Gasteiger partial charge in [0.25, 0.3) is 0 Å². The SMILES string of the molecule is N#Cc1ccnc(Oc2ccc(F)cc2Br)c1[N+](=O)[O-]. The number of hydrogen-bond donors (Lipinski definition) is 0. The summed E-state index contributed by atoms with van der Waals surface area (Å²) in [4.78, 5) is 14.0. The van der Waals surface area contributed by atoms with Gasteiger partial charge in [-0.1, -0.05) is 0 Å². The minimum Gasteiger partial charge on any atom is -0.432 e. The van der Waals surface area contributed by atoms with Gasteiger partial charge in [0.1, 0.15) is 23.2 Å². The minimum atomic E-state index is -0.752. The van der Waals surface area contributed by atoms with E-state index in [2.05, 4.69) is 20.9 Å². The zero-order valence-corrected chi connectivity index (χ0v) is 11.3. The number of pyridine rings is 1. The van der Waals surface area contributed by atoms with Gasteiger partial charge in [0, 0.05) is 6.20 Å². The van der Waals surface area contributed by atoms with E-state index >= 15 is 0 Å². The monoisotopic (exact) mass is 337 g/mol. The third-order valence-corrected chi connectivity index (χ3v) is 2.91. The summed E-state index contributed by atoms with van der Waals surface area (Å²) in [7, 11) is 0. The zero-order valence-electron chi connectivity index (χ0n) is 9.71. The van der Waals surface area contributed by atoms with E-state index in [9.17, 15) is 14.5 Å². The van der Waals surface area contributed by atoms with Crippen molar-refractivity contribution in [1.82, 2.24) is 4.98 Å². The molecule has 20 heavy (non-hydrogen) atoms. The van der Waals surface area contributed by atoms with E-state index in [4.69, 9.17) is 10.00 Å². The van der Waals surface area contributed by atoms with Crippen molar-refractivity contribution in [2.45, 2.75) is 0 Å². The Kier molecular flexibility index (Phi) is 3.91. The highest BCUT2D eigenvalue weighted by atomic mass is 79.9. The number of nitrogens with zero attached hydrogens (tertiary/aromatic N) is 3. The van der Waals surface area contributed by atoms with Crippen LogP contribution >= 0.6 is 15.9 Å². The van der Waals surface area contributed by atoms with Crippen molar-refractivity contribution in [1.29, 1.82) is 5.26 Å². The van der Waals surface area contributed by atoms with Crippen LogP contribution in [0.25, 0.3) is 0 Å². The molecular formula is C12H5BrFN3O3. The molecule has 0 amide bonds. The lowest BCUT2D eigenvalue weighted by atomic mass is 10.2. The van der Waals surface area contributed by atoms with Gasteiger partial charge in [0.2, 0.25) is 0 Å². The summed E-state index contributed by atoms with van der Waals surface area (Å²) in [5, 5.41) is 19.8. The van der Waals surface area contributed by atoms with E-state index in [1.54, 1.807) is 6.07 Å². The largest absolute Gasteiger partial charge is 0.432 e. The molecule has 0 saturated carbocycles. The van der Waals surface area contributed by atoms with Crippen molar-refractivity contribution in [3.8, 4) is 17.7 Å². The third-order valence-electron chi connectivity index (χ3n) is 2.29. The highest BCUT2D eigenvalue weighted by Crippen LogP contribution is 2.35. The summed E-state index contributed by atoms with van der Waals surface area (Å²) in [5.41, 5.74) is -0.704. The fourth-order valence-corrected chi connectivity index (χ4v) is 1.87. The first kappa shape index (κ1) is 13.9. The Morgan fingerprint density at radius 3 is 2.80 bits per heavy atom. The summed E-state index contributed by atoms with van der Waals surface area (Å²) in [5.74, 6) is -0.670. The van der Waals surface area contributed by atoms with E-state index in [0.717, 1.165) is 12.1 Å². The molecule has 2 aromatic rings. The van der Waals surface area contributed by atoms with Crippen LogP contribution in [0.3, 0.4) is 0 Å². The van der Waals surface area contributed by atoms with Crippen LogP contribution in [0.1, 0.15) is 5.56 Å². The van der Waals surface area contributed by atoms with Crippen molar-refractivity contribution in [3.63, 3.8) is 0 Å². The Morgan fingerprint density at radius 1 is 1.45 bits per heavy atom. The highest BCUT2D eigenvalue weighted by Gasteiger charge is 2.23. The molecule has 0 saturated heterocycles. The fourth-order valence-electron chi connectivity index (χ4n) is 1.44. The Labute approximate surface area is 120 Å². The van der Waals surface area contributed by atoms with E-state index in [0.29, 0.717) is 0 Å². The Bertz CT molecular complexity index is 730. The molecule has 2 rings (SSSR count). The number of ether oxygens (including phenoxy) is 1. The molecule has 0 radical (unpaired) electrons. The zero-order chi connectivity index (χ0) is 14.7. The van der Waals surface area contributed by atoms with Crippen LogP contribution in [0.2, 0.25) is 0 Å². The second kappa shape index (κ2) is 5.63. The molecule has 100 valence electrons. The van der Waals surface area contributed by atoms with Crippen LogP contribution in [0.5, 0.6) is 11.6 Å². The highest BCUT2D eigenvalue weighted by molar-refractivity contribution is 9.10. The maximum atomic E-state index is 13.0. The lowest BCUT2D eigenvalue weighted by Crippen LogP contribution is -1.99. The van der Waals surface area contributed by atoms with Gasteiger partial charge >= 0.3 is 11.6 Å². The molecule has 1 heterocycles. The molecule has 0 aliphatic carbocycles. The second-order valence-corrected chi connectivity index (χ2v) is 4.41. The van der Waals surface area contributed by atoms with Gasteiger partial charge in [-0.3, -0.25) is 10.1 Å². The molecule has 0 spiro atoms. The maximum absolute atomic E-state index is 13.0. The van der Waals surface area contributed by atoms with Crippen LogP contribution in [-0.2, 0) is 0 Å². The van der Waals surface area contributed by atoms with Gasteiger partial charge < -0.3 is 4.74 Å². The van der Waals surface area contributed by atoms with Crippen molar-refractivity contribution >= 4 is 21.6 Å². The van der Waals surface area contributed by atoms with Crippen LogP contribution in [0.15, 0.2) is 34.9 Å². The van der Waals surface area contributed by atoms with Gasteiger partial charge in [-0.15, -0.1) is 0 Å². The van der Waals surface area contributed by atoms with Crippen LogP contribution in [0.4, 0.5) is 10.1 Å². The number of benzene rings is 1. The number of nitriles is 1. The average Bonchev–Trinajstić information content (AvgIpc) is 2.41. The summed E-state index contributed by atoms with van der Waals surface area (Å²) in [6.07, 6.45) is 1.22. The molecule has 0 atom stereocenters. The number of halogens is 2. The summed E-state index contributed by atoms with van der Waals surface area (Å²) in [6.45, 7) is 0. The fraction of sp³-hybridized carbons (Fsp3) is 0. The lowest BCUT2D eigenvalue weighted by Gasteiger charge is -2.07. The molecule has 0 bridgehead atoms. The number of hydrogen-bond acceptors (Lipinski definition) is 5. The van der Waals surface area contributed by atoms with Crippen LogP contribution < -0.4 is 4.74 Å². The summed E-state index contributed by atoms with van der Waals surface area (Å²) in [6, 6.07) is 6.49. The molecule has 8 heteroatoms. The van der Waals surface area contributed by atoms with Crippen molar-refractivity contribution in [2.24, 2.45) is 0 Å². The first-order valence-corrected chi connectivity index (χ1v) is 5.98. The summed E-state index contributed by atoms with van der Waals surface area (Å²) < 4.78 is 18.5.